The quantitative estimate of drug-likeness (QED) is 0.705. The highest BCUT2D eigenvalue weighted by Gasteiger charge is 2.34. The second-order valence-corrected chi connectivity index (χ2v) is 6.14. The Labute approximate surface area is 109 Å². The van der Waals surface area contributed by atoms with Crippen molar-refractivity contribution in [2.45, 2.75) is 57.4 Å². The van der Waals surface area contributed by atoms with Gasteiger partial charge in [0.15, 0.2) is 0 Å². The number of aliphatic hydroxyl groups excluding tert-OH is 1. The maximum absolute atomic E-state index is 12.1. The summed E-state index contributed by atoms with van der Waals surface area (Å²) in [6.07, 6.45) is 8.58. The number of nitrogens with two attached hydrogens (primary N) is 1. The number of hydrogen-bond acceptors (Lipinski definition) is 3. The summed E-state index contributed by atoms with van der Waals surface area (Å²) in [6.45, 7) is 0.801. The minimum absolute atomic E-state index is 0.00988. The van der Waals surface area contributed by atoms with Crippen LogP contribution < -0.4 is 11.1 Å². The van der Waals surface area contributed by atoms with Crippen LogP contribution >= 0.6 is 0 Å². The molecule has 0 aromatic carbocycles. The van der Waals surface area contributed by atoms with E-state index in [4.69, 9.17) is 5.73 Å². The molecule has 1 amide bonds. The summed E-state index contributed by atoms with van der Waals surface area (Å²) in [6, 6.07) is 0.0291. The number of nitrogens with one attached hydrogen (secondary N) is 1. The molecule has 0 saturated heterocycles. The number of amides is 1. The first-order valence-electron chi connectivity index (χ1n) is 7.31. The molecule has 4 N–H and O–H groups in total. The third kappa shape index (κ3) is 3.04. The van der Waals surface area contributed by atoms with Crippen LogP contribution in [0.2, 0.25) is 0 Å². The lowest BCUT2D eigenvalue weighted by atomic mass is 9.74. The van der Waals surface area contributed by atoms with Gasteiger partial charge in [0.2, 0.25) is 5.91 Å². The normalized spacial score (nSPS) is 31.2. The van der Waals surface area contributed by atoms with Crippen molar-refractivity contribution in [3.05, 3.63) is 0 Å². The molecule has 2 aliphatic rings. The Hall–Kier alpha value is -0.610. The average Bonchev–Trinajstić information content (AvgIpc) is 2.83. The van der Waals surface area contributed by atoms with Crippen LogP contribution in [0, 0.1) is 11.3 Å². The van der Waals surface area contributed by atoms with E-state index in [2.05, 4.69) is 5.32 Å². The largest absolute Gasteiger partial charge is 0.396 e. The molecule has 18 heavy (non-hydrogen) atoms. The van der Waals surface area contributed by atoms with Crippen LogP contribution in [0.5, 0.6) is 0 Å². The molecule has 0 heterocycles. The molecular formula is C14H26N2O2. The number of aliphatic hydroxyl groups is 1. The van der Waals surface area contributed by atoms with E-state index >= 15 is 0 Å². The van der Waals surface area contributed by atoms with E-state index in [1.807, 2.05) is 0 Å². The topological polar surface area (TPSA) is 75.4 Å². The SMILES string of the molecule is NC1CCCC1C(=O)NCC1(CO)CCCCC1. The van der Waals surface area contributed by atoms with Crippen LogP contribution in [0.3, 0.4) is 0 Å². The highest BCUT2D eigenvalue weighted by Crippen LogP contribution is 2.35. The first-order valence-corrected chi connectivity index (χ1v) is 7.31. The zero-order valence-electron chi connectivity index (χ0n) is 11.2. The molecule has 2 atom stereocenters. The van der Waals surface area contributed by atoms with Crippen LogP contribution in [0.1, 0.15) is 51.4 Å². The highest BCUT2D eigenvalue weighted by atomic mass is 16.3. The summed E-state index contributed by atoms with van der Waals surface area (Å²) in [4.78, 5) is 12.1. The van der Waals surface area contributed by atoms with Crippen molar-refractivity contribution in [1.82, 2.24) is 5.32 Å². The predicted molar refractivity (Wildman–Crippen MR) is 70.9 cm³/mol. The summed E-state index contributed by atoms with van der Waals surface area (Å²) in [7, 11) is 0. The van der Waals surface area contributed by atoms with Gasteiger partial charge in [0.25, 0.3) is 0 Å². The molecule has 2 rings (SSSR count). The minimum Gasteiger partial charge on any atom is -0.396 e. The van der Waals surface area contributed by atoms with E-state index < -0.39 is 0 Å². The van der Waals surface area contributed by atoms with Crippen molar-refractivity contribution >= 4 is 5.91 Å². The Morgan fingerprint density at radius 2 is 1.94 bits per heavy atom. The molecule has 4 heteroatoms. The molecule has 104 valence electrons. The zero-order valence-corrected chi connectivity index (χ0v) is 11.2. The molecule has 2 unspecified atom stereocenters. The lowest BCUT2D eigenvalue weighted by Crippen LogP contribution is -2.45. The number of rotatable bonds is 4. The van der Waals surface area contributed by atoms with E-state index in [0.717, 1.165) is 32.1 Å². The highest BCUT2D eigenvalue weighted by molar-refractivity contribution is 5.79. The Morgan fingerprint density at radius 1 is 1.22 bits per heavy atom. The summed E-state index contributed by atoms with van der Waals surface area (Å²) in [5.41, 5.74) is 5.87. The second-order valence-electron chi connectivity index (χ2n) is 6.14. The third-order valence-electron chi connectivity index (χ3n) is 4.79. The summed E-state index contributed by atoms with van der Waals surface area (Å²) < 4.78 is 0. The molecule has 2 fully saturated rings. The standard InChI is InChI=1S/C14H26N2O2/c15-12-6-4-5-11(12)13(18)16-9-14(10-17)7-2-1-3-8-14/h11-12,17H,1-10,15H2,(H,16,18). The molecule has 0 aromatic rings. The molecule has 2 aliphatic carbocycles. The van der Waals surface area contributed by atoms with Crippen LogP contribution in [0.15, 0.2) is 0 Å². The minimum atomic E-state index is -0.0728. The van der Waals surface area contributed by atoms with E-state index in [0.29, 0.717) is 6.54 Å². The molecule has 0 bridgehead atoms. The Balaban J connectivity index is 1.83. The van der Waals surface area contributed by atoms with Gasteiger partial charge in [-0.05, 0) is 25.7 Å². The Bertz CT molecular complexity index is 288. The number of hydrogen-bond donors (Lipinski definition) is 3. The first-order chi connectivity index (χ1) is 8.67. The van der Waals surface area contributed by atoms with Crippen molar-refractivity contribution < 1.29 is 9.90 Å². The van der Waals surface area contributed by atoms with Crippen LogP contribution in [-0.4, -0.2) is 30.2 Å². The van der Waals surface area contributed by atoms with Crippen molar-refractivity contribution in [2.24, 2.45) is 17.1 Å². The lowest BCUT2D eigenvalue weighted by molar-refractivity contribution is -0.126. The second kappa shape index (κ2) is 6.02. The summed E-state index contributed by atoms with van der Waals surface area (Å²) in [5.74, 6) is 0.0859. The fourth-order valence-electron chi connectivity index (χ4n) is 3.41. The number of carbonyl (C=O) groups excluding carboxylic acids is 1. The van der Waals surface area contributed by atoms with Gasteiger partial charge >= 0.3 is 0 Å². The molecule has 0 aromatic heterocycles. The van der Waals surface area contributed by atoms with E-state index in [1.54, 1.807) is 0 Å². The van der Waals surface area contributed by atoms with Crippen molar-refractivity contribution in [3.63, 3.8) is 0 Å². The molecular weight excluding hydrogens is 228 g/mol. The molecule has 2 saturated carbocycles. The smallest absolute Gasteiger partial charge is 0.224 e. The van der Waals surface area contributed by atoms with Gasteiger partial charge in [0.05, 0.1) is 12.5 Å². The maximum Gasteiger partial charge on any atom is 0.224 e. The van der Waals surface area contributed by atoms with Gasteiger partial charge in [0.1, 0.15) is 0 Å². The molecule has 0 radical (unpaired) electrons. The van der Waals surface area contributed by atoms with Gasteiger partial charge < -0.3 is 16.2 Å². The van der Waals surface area contributed by atoms with Crippen LogP contribution in [0.4, 0.5) is 0 Å². The zero-order chi connectivity index (χ0) is 13.0. The van der Waals surface area contributed by atoms with E-state index in [9.17, 15) is 9.90 Å². The predicted octanol–water partition coefficient (Wildman–Crippen LogP) is 1.17. The average molecular weight is 254 g/mol. The lowest BCUT2D eigenvalue weighted by Gasteiger charge is -2.36. The molecule has 0 aliphatic heterocycles. The van der Waals surface area contributed by atoms with Gasteiger partial charge in [-0.25, -0.2) is 0 Å². The summed E-state index contributed by atoms with van der Waals surface area (Å²) in [5, 5.41) is 12.6. The fourth-order valence-corrected chi connectivity index (χ4v) is 3.41. The van der Waals surface area contributed by atoms with Crippen LogP contribution in [-0.2, 0) is 4.79 Å². The van der Waals surface area contributed by atoms with Gasteiger partial charge in [-0.3, -0.25) is 4.79 Å². The Kier molecular flexibility index (Phi) is 4.62. The van der Waals surface area contributed by atoms with Gasteiger partial charge in [0, 0.05) is 18.0 Å². The van der Waals surface area contributed by atoms with Crippen LogP contribution in [0.25, 0.3) is 0 Å². The van der Waals surface area contributed by atoms with Crippen molar-refractivity contribution in [2.75, 3.05) is 13.2 Å². The van der Waals surface area contributed by atoms with Crippen molar-refractivity contribution in [1.29, 1.82) is 0 Å². The summed E-state index contributed by atoms with van der Waals surface area (Å²) >= 11 is 0. The maximum atomic E-state index is 12.1. The molecule has 4 nitrogen and oxygen atoms in total. The van der Waals surface area contributed by atoms with Gasteiger partial charge in [-0.2, -0.15) is 0 Å². The van der Waals surface area contributed by atoms with Gasteiger partial charge in [-0.1, -0.05) is 25.7 Å². The van der Waals surface area contributed by atoms with E-state index in [1.165, 1.54) is 19.3 Å². The monoisotopic (exact) mass is 254 g/mol. The molecule has 0 spiro atoms. The fraction of sp³-hybridized carbons (Fsp3) is 0.929. The Morgan fingerprint density at radius 3 is 2.50 bits per heavy atom. The third-order valence-corrected chi connectivity index (χ3v) is 4.79. The van der Waals surface area contributed by atoms with E-state index in [-0.39, 0.29) is 29.9 Å². The first kappa shape index (κ1) is 13.8. The number of carbonyl (C=O) groups is 1. The van der Waals surface area contributed by atoms with Gasteiger partial charge in [-0.15, -0.1) is 0 Å². The van der Waals surface area contributed by atoms with Crippen molar-refractivity contribution in [3.8, 4) is 0 Å².